The van der Waals surface area contributed by atoms with Gasteiger partial charge in [-0.1, -0.05) is 0 Å². The molecule has 15 heavy (non-hydrogen) atoms. The van der Waals surface area contributed by atoms with E-state index < -0.39 is 25.2 Å². The summed E-state index contributed by atoms with van der Waals surface area (Å²) < 4.78 is 43.0. The number of halogens is 3. The molecule has 0 saturated carbocycles. The van der Waals surface area contributed by atoms with E-state index in [4.69, 9.17) is 10.5 Å². The summed E-state index contributed by atoms with van der Waals surface area (Å²) in [6, 6.07) is 0. The highest BCUT2D eigenvalue weighted by Crippen LogP contribution is 2.16. The molecule has 1 aliphatic rings. The second-order valence-electron chi connectivity index (χ2n) is 2.98. The summed E-state index contributed by atoms with van der Waals surface area (Å²) in [4.78, 5) is 12.1. The molecule has 1 saturated heterocycles. The van der Waals surface area contributed by atoms with Crippen molar-refractivity contribution in [3.63, 3.8) is 0 Å². The Morgan fingerprint density at radius 1 is 1.60 bits per heavy atom. The molecule has 8 heteroatoms. The molecular formula is C7H11F3N2O3. The Labute approximate surface area is 83.9 Å². The Morgan fingerprint density at radius 2 is 2.27 bits per heavy atom. The maximum atomic E-state index is 11.6. The number of nitrogens with zero attached hydrogens (tertiary/aromatic N) is 1. The zero-order chi connectivity index (χ0) is 11.5. The van der Waals surface area contributed by atoms with Crippen molar-refractivity contribution in [1.82, 2.24) is 4.90 Å². The standard InChI is InChI=1S/C7H11F3N2O3/c8-7(9,10)14-2-1-12-4-5(3-11)15-6(12)13/h5H,1-4,11H2. The van der Waals surface area contributed by atoms with Crippen LogP contribution in [0.1, 0.15) is 0 Å². The zero-order valence-corrected chi connectivity index (χ0v) is 7.79. The number of alkyl halides is 3. The Balaban J connectivity index is 2.25. The van der Waals surface area contributed by atoms with E-state index in [1.54, 1.807) is 0 Å². The molecule has 1 aliphatic heterocycles. The van der Waals surface area contributed by atoms with Crippen LogP contribution >= 0.6 is 0 Å². The third-order valence-electron chi connectivity index (χ3n) is 1.84. The number of cyclic esters (lactones) is 1. The predicted octanol–water partition coefficient (Wildman–Crippen LogP) is 0.302. The molecule has 1 amide bonds. The molecule has 0 bridgehead atoms. The van der Waals surface area contributed by atoms with Crippen molar-refractivity contribution < 1.29 is 27.4 Å². The molecule has 0 aromatic heterocycles. The van der Waals surface area contributed by atoms with Crippen LogP contribution in [0.5, 0.6) is 0 Å². The smallest absolute Gasteiger partial charge is 0.443 e. The van der Waals surface area contributed by atoms with E-state index in [1.807, 2.05) is 0 Å². The van der Waals surface area contributed by atoms with Crippen LogP contribution in [0.2, 0.25) is 0 Å². The van der Waals surface area contributed by atoms with Crippen molar-refractivity contribution in [1.29, 1.82) is 0 Å². The first-order valence-corrected chi connectivity index (χ1v) is 4.28. The molecule has 0 radical (unpaired) electrons. The van der Waals surface area contributed by atoms with Gasteiger partial charge < -0.3 is 15.4 Å². The third kappa shape index (κ3) is 3.92. The molecule has 1 heterocycles. The summed E-state index contributed by atoms with van der Waals surface area (Å²) in [7, 11) is 0. The number of ether oxygens (including phenoxy) is 2. The molecule has 0 aromatic carbocycles. The maximum Gasteiger partial charge on any atom is 0.522 e. The number of carbonyl (C=O) groups is 1. The van der Waals surface area contributed by atoms with Gasteiger partial charge in [-0.3, -0.25) is 4.74 Å². The van der Waals surface area contributed by atoms with Crippen LogP contribution in [0.15, 0.2) is 0 Å². The summed E-state index contributed by atoms with van der Waals surface area (Å²) in [6.07, 6.45) is -5.77. The van der Waals surface area contributed by atoms with Crippen molar-refractivity contribution in [2.75, 3.05) is 26.2 Å². The quantitative estimate of drug-likeness (QED) is 0.751. The summed E-state index contributed by atoms with van der Waals surface area (Å²) in [5.41, 5.74) is 5.24. The second-order valence-corrected chi connectivity index (χ2v) is 2.98. The van der Waals surface area contributed by atoms with E-state index in [0.29, 0.717) is 0 Å². The molecule has 0 aromatic rings. The highest BCUT2D eigenvalue weighted by Gasteiger charge is 2.32. The Kier molecular flexibility index (Phi) is 3.75. The normalized spacial score (nSPS) is 22.0. The highest BCUT2D eigenvalue weighted by molar-refractivity contribution is 5.69. The van der Waals surface area contributed by atoms with Gasteiger partial charge in [-0.15, -0.1) is 13.2 Å². The van der Waals surface area contributed by atoms with Crippen LogP contribution in [0.3, 0.4) is 0 Å². The fraction of sp³-hybridized carbons (Fsp3) is 0.857. The Bertz CT molecular complexity index is 234. The van der Waals surface area contributed by atoms with Gasteiger partial charge in [0.15, 0.2) is 0 Å². The summed E-state index contributed by atoms with van der Waals surface area (Å²) >= 11 is 0. The number of nitrogens with two attached hydrogens (primary N) is 1. The summed E-state index contributed by atoms with van der Waals surface area (Å²) in [5.74, 6) is 0. The summed E-state index contributed by atoms with van der Waals surface area (Å²) in [6.45, 7) is -0.399. The average molecular weight is 228 g/mol. The predicted molar refractivity (Wildman–Crippen MR) is 42.9 cm³/mol. The van der Waals surface area contributed by atoms with Gasteiger partial charge in [-0.2, -0.15) is 0 Å². The van der Waals surface area contributed by atoms with E-state index in [1.165, 1.54) is 0 Å². The lowest BCUT2D eigenvalue weighted by atomic mass is 10.3. The number of rotatable bonds is 4. The van der Waals surface area contributed by atoms with Gasteiger partial charge in [0.05, 0.1) is 13.2 Å². The van der Waals surface area contributed by atoms with Gasteiger partial charge in [0.2, 0.25) is 0 Å². The number of hydrogen-bond donors (Lipinski definition) is 1. The van der Waals surface area contributed by atoms with Crippen LogP contribution in [0.25, 0.3) is 0 Å². The topological polar surface area (TPSA) is 64.8 Å². The van der Waals surface area contributed by atoms with Crippen LogP contribution in [-0.2, 0) is 9.47 Å². The van der Waals surface area contributed by atoms with E-state index in [9.17, 15) is 18.0 Å². The average Bonchev–Trinajstić information content (AvgIpc) is 2.45. The first-order valence-electron chi connectivity index (χ1n) is 4.28. The molecule has 2 N–H and O–H groups in total. The van der Waals surface area contributed by atoms with Gasteiger partial charge >= 0.3 is 12.5 Å². The van der Waals surface area contributed by atoms with Crippen LogP contribution in [0.4, 0.5) is 18.0 Å². The van der Waals surface area contributed by atoms with Crippen molar-refractivity contribution in [2.24, 2.45) is 5.73 Å². The number of carbonyl (C=O) groups excluding carboxylic acids is 1. The third-order valence-corrected chi connectivity index (χ3v) is 1.84. The lowest BCUT2D eigenvalue weighted by Gasteiger charge is -2.13. The van der Waals surface area contributed by atoms with Crippen LogP contribution < -0.4 is 5.73 Å². The number of amides is 1. The largest absolute Gasteiger partial charge is 0.522 e. The maximum absolute atomic E-state index is 11.6. The molecule has 1 fully saturated rings. The zero-order valence-electron chi connectivity index (χ0n) is 7.79. The number of hydrogen-bond acceptors (Lipinski definition) is 4. The van der Waals surface area contributed by atoms with Gasteiger partial charge in [0.25, 0.3) is 0 Å². The fourth-order valence-corrected chi connectivity index (χ4v) is 1.15. The SMILES string of the molecule is NCC1CN(CCOC(F)(F)F)C(=O)O1. The van der Waals surface area contributed by atoms with Gasteiger partial charge in [-0.05, 0) is 0 Å². The summed E-state index contributed by atoms with van der Waals surface area (Å²) in [5, 5.41) is 0. The molecule has 1 unspecified atom stereocenters. The van der Waals surface area contributed by atoms with Gasteiger partial charge in [-0.25, -0.2) is 4.79 Å². The van der Waals surface area contributed by atoms with Crippen LogP contribution in [-0.4, -0.2) is 49.7 Å². The fourth-order valence-electron chi connectivity index (χ4n) is 1.15. The molecule has 88 valence electrons. The van der Waals surface area contributed by atoms with E-state index in [0.717, 1.165) is 4.90 Å². The molecule has 1 rings (SSSR count). The minimum Gasteiger partial charge on any atom is -0.443 e. The molecular weight excluding hydrogens is 217 g/mol. The second kappa shape index (κ2) is 4.67. The van der Waals surface area contributed by atoms with Crippen molar-refractivity contribution in [3.05, 3.63) is 0 Å². The monoisotopic (exact) mass is 228 g/mol. The van der Waals surface area contributed by atoms with Gasteiger partial charge in [0.1, 0.15) is 6.10 Å². The van der Waals surface area contributed by atoms with Gasteiger partial charge in [0, 0.05) is 13.1 Å². The molecule has 1 atom stereocenters. The lowest BCUT2D eigenvalue weighted by Crippen LogP contribution is -2.32. The first kappa shape index (κ1) is 12.1. The van der Waals surface area contributed by atoms with Crippen LogP contribution in [0, 0.1) is 0 Å². The Hall–Kier alpha value is -1.02. The van der Waals surface area contributed by atoms with E-state index >= 15 is 0 Å². The molecule has 0 spiro atoms. The van der Waals surface area contributed by atoms with E-state index in [-0.39, 0.29) is 19.6 Å². The first-order chi connectivity index (χ1) is 6.92. The van der Waals surface area contributed by atoms with Crippen molar-refractivity contribution >= 4 is 6.09 Å². The van der Waals surface area contributed by atoms with E-state index in [2.05, 4.69) is 4.74 Å². The lowest BCUT2D eigenvalue weighted by molar-refractivity contribution is -0.324. The molecule has 0 aliphatic carbocycles. The van der Waals surface area contributed by atoms with Crippen molar-refractivity contribution in [3.8, 4) is 0 Å². The van der Waals surface area contributed by atoms with Crippen molar-refractivity contribution in [2.45, 2.75) is 12.5 Å². The molecule has 5 nitrogen and oxygen atoms in total. The Morgan fingerprint density at radius 3 is 2.73 bits per heavy atom. The minimum absolute atomic E-state index is 0.155. The minimum atomic E-state index is -4.67. The highest BCUT2D eigenvalue weighted by atomic mass is 19.4.